The van der Waals surface area contributed by atoms with Gasteiger partial charge in [0.05, 0.1) is 12.3 Å². The first kappa shape index (κ1) is 22.0. The first-order valence-electron chi connectivity index (χ1n) is 10.8. The minimum Gasteiger partial charge on any atom is -0.461 e. The summed E-state index contributed by atoms with van der Waals surface area (Å²) in [4.78, 5) is 22.2. The van der Waals surface area contributed by atoms with E-state index in [1.54, 1.807) is 6.92 Å². The third-order valence-electron chi connectivity index (χ3n) is 4.93. The first-order chi connectivity index (χ1) is 16.0. The Labute approximate surface area is 192 Å². The minimum atomic E-state index is -0.555. The molecule has 1 aromatic heterocycles. The number of aryl methyl sites for hydroxylation is 2. The van der Waals surface area contributed by atoms with Gasteiger partial charge in [0.15, 0.2) is 5.69 Å². The second-order valence-corrected chi connectivity index (χ2v) is 7.57. The lowest BCUT2D eigenvalue weighted by Crippen LogP contribution is -2.19. The molecule has 33 heavy (non-hydrogen) atoms. The Kier molecular flexibility index (Phi) is 6.64. The maximum atomic E-state index is 12.9. The number of aromatic nitrogens is 1. The molecule has 0 fully saturated rings. The van der Waals surface area contributed by atoms with Crippen molar-refractivity contribution in [3.8, 4) is 11.5 Å². The second kappa shape index (κ2) is 9.96. The monoisotopic (exact) mass is 439 g/mol. The molecule has 0 aliphatic carbocycles. The largest absolute Gasteiger partial charge is 0.461 e. The molecule has 3 aromatic carbocycles. The van der Waals surface area contributed by atoms with Crippen LogP contribution in [0.2, 0.25) is 0 Å². The van der Waals surface area contributed by atoms with Crippen LogP contribution in [0.5, 0.6) is 0 Å². The highest BCUT2D eigenvalue weighted by Crippen LogP contribution is 2.23. The van der Waals surface area contributed by atoms with E-state index in [-0.39, 0.29) is 23.7 Å². The zero-order chi connectivity index (χ0) is 23.2. The van der Waals surface area contributed by atoms with Gasteiger partial charge in [0.1, 0.15) is 5.69 Å². The Bertz CT molecular complexity index is 1310. The van der Waals surface area contributed by atoms with Crippen LogP contribution in [-0.4, -0.2) is 17.6 Å². The van der Waals surface area contributed by atoms with Crippen LogP contribution in [-0.2, 0) is 4.74 Å². The molecule has 0 aliphatic heterocycles. The summed E-state index contributed by atoms with van der Waals surface area (Å²) in [5.74, 6) is -0.278. The number of carbonyl (C=O) groups is 1. The number of nitrogens with one attached hydrogen (secondary N) is 1. The van der Waals surface area contributed by atoms with Gasteiger partial charge in [-0.2, -0.15) is 0 Å². The molecule has 166 valence electrons. The summed E-state index contributed by atoms with van der Waals surface area (Å²) >= 11 is 0. The van der Waals surface area contributed by atoms with Gasteiger partial charge in [0.25, 0.3) is 0 Å². The fourth-order valence-electron chi connectivity index (χ4n) is 3.18. The van der Waals surface area contributed by atoms with Crippen molar-refractivity contribution in [2.45, 2.75) is 20.8 Å². The normalized spacial score (nSPS) is 11.3. The molecular weight excluding hydrogens is 414 g/mol. The lowest BCUT2D eigenvalue weighted by atomic mass is 10.2. The van der Waals surface area contributed by atoms with Crippen LogP contribution < -0.4 is 10.9 Å². The Morgan fingerprint density at radius 3 is 2.21 bits per heavy atom. The van der Waals surface area contributed by atoms with Crippen LogP contribution in [0.3, 0.4) is 0 Å². The van der Waals surface area contributed by atoms with Gasteiger partial charge in [-0.25, -0.2) is 14.8 Å². The molecule has 0 aliphatic rings. The standard InChI is InChI=1S/C27H25N3O3/c1-4-32-27(31)24-23(28-21-14-10-18(2)11-15-21)26(29-22-16-12-19(3)13-17-22)33-25(30-24)20-8-6-5-7-9-20/h5-17,28H,4H2,1-3H3. The lowest BCUT2D eigenvalue weighted by Gasteiger charge is -2.13. The Morgan fingerprint density at radius 1 is 0.939 bits per heavy atom. The first-order valence-corrected chi connectivity index (χ1v) is 10.8. The number of hydrogen-bond acceptors (Lipinski definition) is 6. The van der Waals surface area contributed by atoms with Crippen molar-refractivity contribution in [2.24, 2.45) is 4.99 Å². The molecule has 0 bridgehead atoms. The van der Waals surface area contributed by atoms with Crippen LogP contribution in [0.1, 0.15) is 28.5 Å². The van der Waals surface area contributed by atoms with Crippen LogP contribution in [0.4, 0.5) is 17.1 Å². The highest BCUT2D eigenvalue weighted by atomic mass is 16.5. The van der Waals surface area contributed by atoms with Crippen LogP contribution in [0, 0.1) is 13.8 Å². The van der Waals surface area contributed by atoms with Crippen LogP contribution in [0.15, 0.2) is 88.3 Å². The molecule has 1 N–H and O–H groups in total. The topological polar surface area (TPSA) is 76.7 Å². The Balaban J connectivity index is 1.96. The highest BCUT2D eigenvalue weighted by Gasteiger charge is 2.21. The van der Waals surface area contributed by atoms with Gasteiger partial charge in [-0.05, 0) is 57.2 Å². The van der Waals surface area contributed by atoms with E-state index in [1.807, 2.05) is 92.7 Å². The van der Waals surface area contributed by atoms with E-state index in [9.17, 15) is 4.79 Å². The van der Waals surface area contributed by atoms with Crippen molar-refractivity contribution in [1.29, 1.82) is 0 Å². The van der Waals surface area contributed by atoms with Crippen molar-refractivity contribution in [3.63, 3.8) is 0 Å². The molecule has 0 saturated carbocycles. The molecule has 0 radical (unpaired) electrons. The lowest BCUT2D eigenvalue weighted by molar-refractivity contribution is 0.0519. The smallest absolute Gasteiger partial charge is 0.359 e. The number of esters is 1. The molecule has 0 atom stereocenters. The third kappa shape index (κ3) is 5.36. The quantitative estimate of drug-likeness (QED) is 0.367. The Hall–Kier alpha value is -4.19. The zero-order valence-electron chi connectivity index (χ0n) is 18.8. The fourth-order valence-corrected chi connectivity index (χ4v) is 3.18. The third-order valence-corrected chi connectivity index (χ3v) is 4.93. The van der Waals surface area contributed by atoms with Gasteiger partial charge >= 0.3 is 5.97 Å². The van der Waals surface area contributed by atoms with Gasteiger partial charge < -0.3 is 14.5 Å². The summed E-state index contributed by atoms with van der Waals surface area (Å²) in [5, 5.41) is 3.27. The van der Waals surface area contributed by atoms with Gasteiger partial charge in [0.2, 0.25) is 11.4 Å². The Morgan fingerprint density at radius 2 is 1.58 bits per heavy atom. The maximum Gasteiger partial charge on any atom is 0.359 e. The zero-order valence-corrected chi connectivity index (χ0v) is 18.8. The summed E-state index contributed by atoms with van der Waals surface area (Å²) in [6, 6.07) is 24.9. The van der Waals surface area contributed by atoms with Gasteiger partial charge in [-0.15, -0.1) is 0 Å². The molecular formula is C27H25N3O3. The van der Waals surface area contributed by atoms with Gasteiger partial charge in [-0.3, -0.25) is 0 Å². The second-order valence-electron chi connectivity index (χ2n) is 7.57. The maximum absolute atomic E-state index is 12.9. The molecule has 0 amide bonds. The van der Waals surface area contributed by atoms with E-state index >= 15 is 0 Å². The molecule has 1 heterocycles. The van der Waals surface area contributed by atoms with E-state index in [2.05, 4.69) is 10.3 Å². The summed E-state index contributed by atoms with van der Waals surface area (Å²) in [7, 11) is 0. The number of ether oxygens (including phenoxy) is 1. The number of hydrogen-bond donors (Lipinski definition) is 1. The van der Waals surface area contributed by atoms with E-state index < -0.39 is 5.97 Å². The fraction of sp³-hybridized carbons (Fsp3) is 0.148. The average Bonchev–Trinajstić information content (AvgIpc) is 2.83. The molecule has 6 nitrogen and oxygen atoms in total. The minimum absolute atomic E-state index is 0.105. The SMILES string of the molecule is CCOC(=O)c1nc(-c2ccccc2)oc(=Nc2ccc(C)cc2)c1Nc1ccc(C)cc1. The number of anilines is 2. The van der Waals surface area contributed by atoms with Crippen molar-refractivity contribution < 1.29 is 13.9 Å². The summed E-state index contributed by atoms with van der Waals surface area (Å²) in [6.45, 7) is 6.00. The molecule has 4 rings (SSSR count). The van der Waals surface area contributed by atoms with E-state index in [1.165, 1.54) is 0 Å². The molecule has 0 saturated heterocycles. The van der Waals surface area contributed by atoms with Crippen LogP contribution >= 0.6 is 0 Å². The van der Waals surface area contributed by atoms with Crippen molar-refractivity contribution >= 4 is 23.0 Å². The number of benzene rings is 3. The van der Waals surface area contributed by atoms with Crippen LogP contribution in [0.25, 0.3) is 11.5 Å². The summed E-state index contributed by atoms with van der Waals surface area (Å²) < 4.78 is 11.5. The molecule has 4 aromatic rings. The number of carbonyl (C=O) groups excluding carboxylic acids is 1. The van der Waals surface area contributed by atoms with E-state index in [0.29, 0.717) is 11.4 Å². The van der Waals surface area contributed by atoms with Gasteiger partial charge in [-0.1, -0.05) is 53.6 Å². The van der Waals surface area contributed by atoms with Crippen molar-refractivity contribution in [1.82, 2.24) is 4.98 Å². The summed E-state index contributed by atoms with van der Waals surface area (Å²) in [5.41, 5.74) is 5.12. The number of nitrogens with zero attached hydrogens (tertiary/aromatic N) is 2. The predicted octanol–water partition coefficient (Wildman–Crippen LogP) is 6.11. The summed E-state index contributed by atoms with van der Waals surface area (Å²) in [6.07, 6.45) is 0. The van der Waals surface area contributed by atoms with Crippen molar-refractivity contribution in [3.05, 3.63) is 101 Å². The predicted molar refractivity (Wildman–Crippen MR) is 129 cm³/mol. The number of rotatable bonds is 6. The van der Waals surface area contributed by atoms with Gasteiger partial charge in [0, 0.05) is 11.3 Å². The molecule has 6 heteroatoms. The molecule has 0 unspecified atom stereocenters. The van der Waals surface area contributed by atoms with Crippen molar-refractivity contribution in [2.75, 3.05) is 11.9 Å². The average molecular weight is 440 g/mol. The van der Waals surface area contributed by atoms with E-state index in [0.717, 1.165) is 22.4 Å². The molecule has 0 spiro atoms. The highest BCUT2D eigenvalue weighted by molar-refractivity contribution is 5.94. The van der Waals surface area contributed by atoms with E-state index in [4.69, 9.17) is 14.1 Å².